The lowest BCUT2D eigenvalue weighted by Crippen LogP contribution is -2.28. The summed E-state index contributed by atoms with van der Waals surface area (Å²) in [4.78, 5) is 11.7. The van der Waals surface area contributed by atoms with Crippen molar-refractivity contribution in [3.05, 3.63) is 35.1 Å². The summed E-state index contributed by atoms with van der Waals surface area (Å²) in [5.74, 6) is 3.73. The van der Waals surface area contributed by atoms with E-state index in [4.69, 9.17) is 5.73 Å². The molecule has 3 N–H and O–H groups in total. The van der Waals surface area contributed by atoms with Gasteiger partial charge < -0.3 is 11.1 Å². The Morgan fingerprint density at radius 1 is 1.45 bits per heavy atom. The average molecular weight is 298 g/mol. The van der Waals surface area contributed by atoms with Gasteiger partial charge in [0, 0.05) is 18.4 Å². The van der Waals surface area contributed by atoms with Gasteiger partial charge in [-0.1, -0.05) is 11.8 Å². The van der Waals surface area contributed by atoms with Crippen LogP contribution in [-0.4, -0.2) is 39.4 Å². The molecule has 0 saturated carbocycles. The van der Waals surface area contributed by atoms with Crippen LogP contribution < -0.4 is 11.1 Å². The Morgan fingerprint density at radius 2 is 2.15 bits per heavy atom. The van der Waals surface area contributed by atoms with Crippen LogP contribution in [0.5, 0.6) is 0 Å². The molecule has 1 aromatic rings. The van der Waals surface area contributed by atoms with Crippen molar-refractivity contribution in [2.45, 2.75) is 0 Å². The Labute approximate surface area is 117 Å². The molecule has 1 amide bonds. The van der Waals surface area contributed by atoms with Gasteiger partial charge in [-0.25, -0.2) is 12.8 Å². The summed E-state index contributed by atoms with van der Waals surface area (Å²) in [6.07, 6.45) is 1.07. The molecule has 5 nitrogen and oxygen atoms in total. The van der Waals surface area contributed by atoms with Crippen LogP contribution in [0.4, 0.5) is 4.39 Å². The predicted octanol–water partition coefficient (Wildman–Crippen LogP) is -0.0897. The maximum atomic E-state index is 13.6. The quantitative estimate of drug-likeness (QED) is 0.760. The van der Waals surface area contributed by atoms with Gasteiger partial charge in [-0.05, 0) is 18.2 Å². The molecule has 0 fully saturated rings. The first-order valence-corrected chi connectivity index (χ1v) is 7.84. The molecule has 0 aliphatic heterocycles. The first-order chi connectivity index (χ1) is 9.33. The van der Waals surface area contributed by atoms with E-state index in [0.29, 0.717) is 0 Å². The van der Waals surface area contributed by atoms with Crippen molar-refractivity contribution in [3.63, 3.8) is 0 Å². The lowest BCUT2D eigenvalue weighted by Gasteiger charge is -2.05. The number of rotatable bonds is 4. The zero-order valence-corrected chi connectivity index (χ0v) is 11.8. The Balaban J connectivity index is 2.73. The minimum absolute atomic E-state index is 0.0198. The molecule has 0 heterocycles. The van der Waals surface area contributed by atoms with Crippen LogP contribution in [0.25, 0.3) is 0 Å². The van der Waals surface area contributed by atoms with E-state index in [1.807, 2.05) is 0 Å². The van der Waals surface area contributed by atoms with Crippen LogP contribution in [0.1, 0.15) is 15.9 Å². The van der Waals surface area contributed by atoms with Crippen LogP contribution in [0.3, 0.4) is 0 Å². The van der Waals surface area contributed by atoms with Gasteiger partial charge in [-0.2, -0.15) is 0 Å². The lowest BCUT2D eigenvalue weighted by atomic mass is 10.1. The number of benzene rings is 1. The average Bonchev–Trinajstić information content (AvgIpc) is 2.35. The molecule has 0 atom stereocenters. The van der Waals surface area contributed by atoms with Crippen LogP contribution in [0.15, 0.2) is 18.2 Å². The Morgan fingerprint density at radius 3 is 2.70 bits per heavy atom. The number of hydrogen-bond acceptors (Lipinski definition) is 4. The summed E-state index contributed by atoms with van der Waals surface area (Å²) in [7, 11) is -3.15. The molecule has 1 aromatic carbocycles. The fourth-order valence-electron chi connectivity index (χ4n) is 1.36. The summed E-state index contributed by atoms with van der Waals surface area (Å²) in [5, 5.41) is 2.40. The number of nitrogens with two attached hydrogens (primary N) is 1. The molecular formula is C13H15FN2O3S. The highest BCUT2D eigenvalue weighted by atomic mass is 32.2. The van der Waals surface area contributed by atoms with Crippen LogP contribution in [0.2, 0.25) is 0 Å². The summed E-state index contributed by atoms with van der Waals surface area (Å²) in [6.45, 7) is 0.0984. The highest BCUT2D eigenvalue weighted by molar-refractivity contribution is 7.90. The zero-order valence-electron chi connectivity index (χ0n) is 10.9. The Bertz CT molecular complexity index is 660. The standard InChI is InChI=1S/C13H15FN2O3S/c1-20(18,19)8-7-16-13(17)11-5-4-10(3-2-6-15)12(14)9-11/h4-5,9H,6-8,15H2,1H3,(H,16,17). The van der Waals surface area contributed by atoms with Gasteiger partial charge in [0.2, 0.25) is 0 Å². The second-order valence-corrected chi connectivity index (χ2v) is 6.35. The molecule has 0 saturated heterocycles. The third-order valence-corrected chi connectivity index (χ3v) is 3.26. The third-order valence-electron chi connectivity index (χ3n) is 2.31. The van der Waals surface area contributed by atoms with Crippen molar-refractivity contribution in [1.29, 1.82) is 0 Å². The summed E-state index contributed by atoms with van der Waals surface area (Å²) >= 11 is 0. The molecule has 1 rings (SSSR count). The molecule has 0 bridgehead atoms. The number of carbonyl (C=O) groups excluding carboxylic acids is 1. The van der Waals surface area contributed by atoms with Crippen molar-refractivity contribution >= 4 is 15.7 Å². The molecule has 0 aromatic heterocycles. The molecule has 0 aliphatic rings. The minimum Gasteiger partial charge on any atom is -0.351 e. The molecule has 0 unspecified atom stereocenters. The van der Waals surface area contributed by atoms with E-state index in [-0.39, 0.29) is 30.0 Å². The molecule has 0 aliphatic carbocycles. The maximum absolute atomic E-state index is 13.6. The van der Waals surface area contributed by atoms with Crippen molar-refractivity contribution in [3.8, 4) is 11.8 Å². The van der Waals surface area contributed by atoms with Gasteiger partial charge >= 0.3 is 0 Å². The molecule has 0 radical (unpaired) electrons. The molecule has 20 heavy (non-hydrogen) atoms. The van der Waals surface area contributed by atoms with Crippen molar-refractivity contribution < 1.29 is 17.6 Å². The Hall–Kier alpha value is -1.91. The van der Waals surface area contributed by atoms with Crippen molar-refractivity contribution in [1.82, 2.24) is 5.32 Å². The topological polar surface area (TPSA) is 89.3 Å². The monoisotopic (exact) mass is 298 g/mol. The first kappa shape index (κ1) is 16.1. The van der Waals surface area contributed by atoms with E-state index >= 15 is 0 Å². The van der Waals surface area contributed by atoms with E-state index in [9.17, 15) is 17.6 Å². The van der Waals surface area contributed by atoms with Gasteiger partial charge in [-0.15, -0.1) is 0 Å². The second kappa shape index (κ2) is 7.03. The number of nitrogens with one attached hydrogen (secondary N) is 1. The van der Waals surface area contributed by atoms with Gasteiger partial charge in [0.05, 0.1) is 17.9 Å². The Kier molecular flexibility index (Phi) is 5.67. The molecule has 7 heteroatoms. The SMILES string of the molecule is CS(=O)(=O)CCNC(=O)c1ccc(C#CCN)c(F)c1. The van der Waals surface area contributed by atoms with Crippen molar-refractivity contribution in [2.24, 2.45) is 5.73 Å². The minimum atomic E-state index is -3.15. The predicted molar refractivity (Wildman–Crippen MR) is 74.4 cm³/mol. The van der Waals surface area contributed by atoms with E-state index in [0.717, 1.165) is 12.3 Å². The highest BCUT2D eigenvalue weighted by Gasteiger charge is 2.09. The van der Waals surface area contributed by atoms with Gasteiger partial charge in [0.1, 0.15) is 15.7 Å². The number of amides is 1. The second-order valence-electron chi connectivity index (χ2n) is 4.09. The van der Waals surface area contributed by atoms with Gasteiger partial charge in [-0.3, -0.25) is 4.79 Å². The third kappa shape index (κ3) is 5.38. The van der Waals surface area contributed by atoms with Crippen LogP contribution in [0, 0.1) is 17.7 Å². The lowest BCUT2D eigenvalue weighted by molar-refractivity contribution is 0.0955. The van der Waals surface area contributed by atoms with Crippen LogP contribution in [-0.2, 0) is 9.84 Å². The van der Waals surface area contributed by atoms with E-state index < -0.39 is 21.6 Å². The molecule has 108 valence electrons. The van der Waals surface area contributed by atoms with E-state index in [1.165, 1.54) is 12.1 Å². The fourth-order valence-corrected chi connectivity index (χ4v) is 1.83. The van der Waals surface area contributed by atoms with Gasteiger partial charge in [0.25, 0.3) is 5.91 Å². The van der Waals surface area contributed by atoms with Crippen LogP contribution >= 0.6 is 0 Å². The number of halogens is 1. The molecule has 0 spiro atoms. The smallest absolute Gasteiger partial charge is 0.251 e. The zero-order chi connectivity index (χ0) is 15.2. The number of sulfone groups is 1. The van der Waals surface area contributed by atoms with Gasteiger partial charge in [0.15, 0.2) is 0 Å². The highest BCUT2D eigenvalue weighted by Crippen LogP contribution is 2.09. The fraction of sp³-hybridized carbons (Fsp3) is 0.308. The first-order valence-electron chi connectivity index (χ1n) is 5.78. The summed E-state index contributed by atoms with van der Waals surface area (Å²) in [5.41, 5.74) is 5.45. The number of carbonyl (C=O) groups is 1. The normalized spacial score (nSPS) is 10.6. The molecular weight excluding hydrogens is 283 g/mol. The maximum Gasteiger partial charge on any atom is 0.251 e. The van der Waals surface area contributed by atoms with E-state index in [2.05, 4.69) is 17.2 Å². The van der Waals surface area contributed by atoms with Crippen molar-refractivity contribution in [2.75, 3.05) is 25.1 Å². The largest absolute Gasteiger partial charge is 0.351 e. The summed E-state index contributed by atoms with van der Waals surface area (Å²) < 4.78 is 35.4. The van der Waals surface area contributed by atoms with E-state index in [1.54, 1.807) is 0 Å². The summed E-state index contributed by atoms with van der Waals surface area (Å²) in [6, 6.07) is 3.85. The number of hydrogen-bond donors (Lipinski definition) is 2.